The van der Waals surface area contributed by atoms with Gasteiger partial charge in [-0.2, -0.15) is 0 Å². The van der Waals surface area contributed by atoms with Crippen LogP contribution < -0.4 is 15.1 Å². The van der Waals surface area contributed by atoms with E-state index in [9.17, 15) is 14.7 Å². The maximum Gasteiger partial charge on any atom is 0.344 e. The fraction of sp³-hybridized carbons (Fsp3) is 0.200. The second-order valence-electron chi connectivity index (χ2n) is 5.62. The van der Waals surface area contributed by atoms with Gasteiger partial charge in [0.1, 0.15) is 29.4 Å². The fourth-order valence-electron chi connectivity index (χ4n) is 2.48. The Kier molecular flexibility index (Phi) is 5.61. The first kappa shape index (κ1) is 18.3. The number of fused-ring (bicyclic) bond motifs is 1. The first-order valence-corrected chi connectivity index (χ1v) is 8.32. The van der Waals surface area contributed by atoms with Gasteiger partial charge in [-0.3, -0.25) is 0 Å². The van der Waals surface area contributed by atoms with E-state index in [1.165, 1.54) is 18.2 Å². The van der Waals surface area contributed by atoms with E-state index in [0.29, 0.717) is 29.1 Å². The number of carbonyl (C=O) groups excluding carboxylic acids is 1. The number of ether oxygens (including phenoxy) is 3. The topological polar surface area (TPSA) is 95.2 Å². The van der Waals surface area contributed by atoms with Crippen LogP contribution in [-0.4, -0.2) is 24.3 Å². The molecule has 1 aromatic heterocycles. The average molecular weight is 370 g/mol. The molecule has 7 heteroatoms. The molecule has 140 valence electrons. The lowest BCUT2D eigenvalue weighted by molar-refractivity contribution is -0.147. The number of esters is 1. The van der Waals surface area contributed by atoms with Gasteiger partial charge in [0.05, 0.1) is 6.61 Å². The van der Waals surface area contributed by atoms with Crippen molar-refractivity contribution in [2.45, 2.75) is 13.5 Å². The highest BCUT2D eigenvalue weighted by Crippen LogP contribution is 2.22. The van der Waals surface area contributed by atoms with E-state index < -0.39 is 11.6 Å². The van der Waals surface area contributed by atoms with Crippen LogP contribution >= 0.6 is 0 Å². The number of phenolic OH excluding ortho intramolecular Hbond substituents is 1. The van der Waals surface area contributed by atoms with Crippen molar-refractivity contribution in [3.63, 3.8) is 0 Å². The number of hydrogen-bond donors (Lipinski definition) is 1. The lowest BCUT2D eigenvalue weighted by Crippen LogP contribution is -2.15. The van der Waals surface area contributed by atoms with E-state index >= 15 is 0 Å². The van der Waals surface area contributed by atoms with Crippen LogP contribution in [0.1, 0.15) is 12.5 Å². The zero-order valence-corrected chi connectivity index (χ0v) is 14.6. The summed E-state index contributed by atoms with van der Waals surface area (Å²) in [6.45, 7) is 2.08. The van der Waals surface area contributed by atoms with E-state index in [2.05, 4.69) is 0 Å². The van der Waals surface area contributed by atoms with Crippen molar-refractivity contribution < 1.29 is 28.5 Å². The fourth-order valence-corrected chi connectivity index (χ4v) is 2.48. The third kappa shape index (κ3) is 4.78. The van der Waals surface area contributed by atoms with Crippen LogP contribution in [0.5, 0.6) is 17.2 Å². The molecule has 3 rings (SSSR count). The summed E-state index contributed by atoms with van der Waals surface area (Å²) in [6, 6.07) is 12.5. The standard InChI is InChI=1S/C20H18O7/c1-2-24-15-4-6-16(7-5-15)25-12-20(23)26-11-13-9-19(22)27-18-10-14(21)3-8-17(13)18/h3-10,21H,2,11-12H2,1H3. The minimum absolute atomic E-state index is 0.0245. The third-order valence-corrected chi connectivity index (χ3v) is 3.69. The van der Waals surface area contributed by atoms with Gasteiger partial charge >= 0.3 is 11.6 Å². The van der Waals surface area contributed by atoms with Gasteiger partial charge in [0.15, 0.2) is 6.61 Å². The summed E-state index contributed by atoms with van der Waals surface area (Å²) < 4.78 is 20.9. The summed E-state index contributed by atoms with van der Waals surface area (Å²) in [7, 11) is 0. The van der Waals surface area contributed by atoms with Crippen molar-refractivity contribution in [3.8, 4) is 17.2 Å². The molecule has 27 heavy (non-hydrogen) atoms. The average Bonchev–Trinajstić information content (AvgIpc) is 2.65. The Labute approximate surface area is 154 Å². The molecule has 0 radical (unpaired) electrons. The monoisotopic (exact) mass is 370 g/mol. The van der Waals surface area contributed by atoms with Gasteiger partial charge in [0.25, 0.3) is 0 Å². The van der Waals surface area contributed by atoms with Crippen molar-refractivity contribution in [1.82, 2.24) is 0 Å². The van der Waals surface area contributed by atoms with Crippen molar-refractivity contribution in [2.75, 3.05) is 13.2 Å². The molecule has 0 saturated carbocycles. The molecule has 0 atom stereocenters. The van der Waals surface area contributed by atoms with Crippen molar-refractivity contribution >= 4 is 16.9 Å². The minimum atomic E-state index is -0.593. The van der Waals surface area contributed by atoms with Gasteiger partial charge in [-0.1, -0.05) is 0 Å². The molecule has 0 aliphatic carbocycles. The maximum atomic E-state index is 11.9. The molecule has 0 unspecified atom stereocenters. The first-order chi connectivity index (χ1) is 13.0. The number of aromatic hydroxyl groups is 1. The predicted molar refractivity (Wildman–Crippen MR) is 97.1 cm³/mol. The predicted octanol–water partition coefficient (Wildman–Crippen LogP) is 3.02. The molecule has 2 aromatic carbocycles. The summed E-state index contributed by atoms with van der Waals surface area (Å²) in [4.78, 5) is 23.5. The molecule has 0 saturated heterocycles. The lowest BCUT2D eigenvalue weighted by Gasteiger charge is -2.09. The zero-order chi connectivity index (χ0) is 19.2. The second kappa shape index (κ2) is 8.27. The Morgan fingerprint density at radius 1 is 1.04 bits per heavy atom. The normalized spacial score (nSPS) is 10.6. The van der Waals surface area contributed by atoms with E-state index in [0.717, 1.165) is 0 Å². The second-order valence-corrected chi connectivity index (χ2v) is 5.62. The first-order valence-electron chi connectivity index (χ1n) is 8.32. The molecule has 1 N–H and O–H groups in total. The summed E-state index contributed by atoms with van der Waals surface area (Å²) in [5.41, 5.74) is 0.111. The van der Waals surface area contributed by atoms with Gasteiger partial charge in [0.2, 0.25) is 0 Å². The molecule has 0 aliphatic heterocycles. The number of rotatable bonds is 7. The zero-order valence-electron chi connectivity index (χ0n) is 14.6. The highest BCUT2D eigenvalue weighted by Gasteiger charge is 2.10. The van der Waals surface area contributed by atoms with Gasteiger partial charge in [-0.25, -0.2) is 9.59 Å². The molecule has 0 aliphatic rings. The number of hydrogen-bond acceptors (Lipinski definition) is 7. The highest BCUT2D eigenvalue weighted by atomic mass is 16.6. The van der Waals surface area contributed by atoms with Crippen LogP contribution in [0.2, 0.25) is 0 Å². The van der Waals surface area contributed by atoms with Crippen LogP contribution in [0.25, 0.3) is 11.0 Å². The molecule has 7 nitrogen and oxygen atoms in total. The lowest BCUT2D eigenvalue weighted by atomic mass is 10.1. The van der Waals surface area contributed by atoms with Crippen molar-refractivity contribution in [3.05, 3.63) is 64.5 Å². The largest absolute Gasteiger partial charge is 0.508 e. The maximum absolute atomic E-state index is 11.9. The molecule has 0 bridgehead atoms. The van der Waals surface area contributed by atoms with Crippen LogP contribution in [-0.2, 0) is 16.1 Å². The SMILES string of the molecule is CCOc1ccc(OCC(=O)OCc2cc(=O)oc3cc(O)ccc23)cc1. The van der Waals surface area contributed by atoms with Gasteiger partial charge in [0, 0.05) is 23.1 Å². The molecule has 3 aromatic rings. The Morgan fingerprint density at radius 2 is 1.74 bits per heavy atom. The molecular formula is C20H18O7. The van der Waals surface area contributed by atoms with Crippen molar-refractivity contribution in [2.24, 2.45) is 0 Å². The van der Waals surface area contributed by atoms with Crippen LogP contribution in [0.15, 0.2) is 57.7 Å². The Bertz CT molecular complexity index is 989. The van der Waals surface area contributed by atoms with Gasteiger partial charge in [-0.05, 0) is 43.3 Å². The molecular weight excluding hydrogens is 352 g/mol. The summed E-state index contributed by atoms with van der Waals surface area (Å²) in [5.74, 6) is 0.623. The van der Waals surface area contributed by atoms with Crippen molar-refractivity contribution in [1.29, 1.82) is 0 Å². The smallest absolute Gasteiger partial charge is 0.344 e. The van der Waals surface area contributed by atoms with Gasteiger partial charge in [-0.15, -0.1) is 0 Å². The summed E-state index contributed by atoms with van der Waals surface area (Å²) in [6.07, 6.45) is 0. The van der Waals surface area contributed by atoms with E-state index in [4.69, 9.17) is 18.6 Å². The minimum Gasteiger partial charge on any atom is -0.508 e. The quantitative estimate of drug-likeness (QED) is 0.504. The number of phenols is 1. The molecule has 0 spiro atoms. The van der Waals surface area contributed by atoms with Crippen LogP contribution in [0.4, 0.5) is 0 Å². The van der Waals surface area contributed by atoms with E-state index in [1.54, 1.807) is 30.3 Å². The Morgan fingerprint density at radius 3 is 2.44 bits per heavy atom. The number of carbonyl (C=O) groups is 1. The molecule has 1 heterocycles. The third-order valence-electron chi connectivity index (χ3n) is 3.69. The number of benzene rings is 2. The van der Waals surface area contributed by atoms with E-state index in [1.807, 2.05) is 6.92 Å². The van der Waals surface area contributed by atoms with Gasteiger partial charge < -0.3 is 23.7 Å². The Hall–Kier alpha value is -3.48. The Balaban J connectivity index is 1.59. The molecule has 0 fully saturated rings. The van der Waals surface area contributed by atoms with Crippen LogP contribution in [0.3, 0.4) is 0 Å². The summed E-state index contributed by atoms with van der Waals surface area (Å²) in [5, 5.41) is 10.1. The summed E-state index contributed by atoms with van der Waals surface area (Å²) >= 11 is 0. The van der Waals surface area contributed by atoms with Crippen LogP contribution in [0, 0.1) is 0 Å². The van der Waals surface area contributed by atoms with E-state index in [-0.39, 0.29) is 24.5 Å². The molecule has 0 amide bonds. The highest BCUT2D eigenvalue weighted by molar-refractivity contribution is 5.81.